The van der Waals surface area contributed by atoms with Crippen molar-refractivity contribution < 1.29 is 33.3 Å². The summed E-state index contributed by atoms with van der Waals surface area (Å²) in [6.45, 7) is 1.42. The Labute approximate surface area is 178 Å². The number of Topliss-reactive ketones (excluding diaryl/α,β-unsaturated/α-hetero) is 1. The number of nitrogens with two attached hydrogens (primary N) is 1. The molecule has 1 atom stereocenters. The molecule has 30 heavy (non-hydrogen) atoms. The lowest BCUT2D eigenvalue weighted by molar-refractivity contribution is -0.143. The van der Waals surface area contributed by atoms with Crippen LogP contribution < -0.4 is 10.5 Å². The summed E-state index contributed by atoms with van der Waals surface area (Å²) in [6.07, 6.45) is 1.44. The zero-order valence-corrected chi connectivity index (χ0v) is 17.4. The highest BCUT2D eigenvalue weighted by Gasteiger charge is 2.42. The average Bonchev–Trinajstić information content (AvgIpc) is 2.71. The Morgan fingerprint density at radius 1 is 1.30 bits per heavy atom. The molecule has 2 N–H and O–H groups in total. The van der Waals surface area contributed by atoms with Gasteiger partial charge in [0.15, 0.2) is 12.4 Å². The predicted octanol–water partition coefficient (Wildman–Crippen LogP) is 2.75. The molecule has 1 aromatic carbocycles. The van der Waals surface area contributed by atoms with Crippen molar-refractivity contribution in [3.05, 3.63) is 51.6 Å². The Bertz CT molecular complexity index is 951. The standard InChI is InChI=1S/C21H22ClNO7/c1-3-28-21(26)19-17(18-13(24)5-4-6-15(18)30-20(19)23)12-9-11(22)7-8-14(12)29-10-16(25)27-2/h7-9,17H,3-6,10,23H2,1-2H3/t17-/m1/s1. The van der Waals surface area contributed by atoms with Gasteiger partial charge >= 0.3 is 11.9 Å². The largest absolute Gasteiger partial charge is 0.482 e. The van der Waals surface area contributed by atoms with Crippen molar-refractivity contribution in [1.29, 1.82) is 0 Å². The number of benzene rings is 1. The van der Waals surface area contributed by atoms with E-state index in [1.807, 2.05) is 0 Å². The van der Waals surface area contributed by atoms with E-state index in [1.165, 1.54) is 7.11 Å². The number of carbonyl (C=O) groups is 3. The van der Waals surface area contributed by atoms with Crippen molar-refractivity contribution in [1.82, 2.24) is 0 Å². The zero-order valence-electron chi connectivity index (χ0n) is 16.7. The minimum Gasteiger partial charge on any atom is -0.482 e. The summed E-state index contributed by atoms with van der Waals surface area (Å²) < 4.78 is 21.0. The van der Waals surface area contributed by atoms with Crippen LogP contribution in [0.5, 0.6) is 5.75 Å². The molecule has 0 spiro atoms. The third-order valence-electron chi connectivity index (χ3n) is 4.84. The van der Waals surface area contributed by atoms with Crippen LogP contribution >= 0.6 is 11.6 Å². The van der Waals surface area contributed by atoms with Gasteiger partial charge in [0.05, 0.1) is 19.6 Å². The van der Waals surface area contributed by atoms with E-state index in [9.17, 15) is 14.4 Å². The summed E-state index contributed by atoms with van der Waals surface area (Å²) in [6, 6.07) is 4.71. The van der Waals surface area contributed by atoms with Gasteiger partial charge in [0.25, 0.3) is 0 Å². The highest BCUT2D eigenvalue weighted by Crippen LogP contribution is 2.47. The number of esters is 2. The third-order valence-corrected chi connectivity index (χ3v) is 5.07. The van der Waals surface area contributed by atoms with Crippen LogP contribution in [-0.4, -0.2) is 38.0 Å². The number of allylic oxidation sites excluding steroid dienone is 2. The summed E-state index contributed by atoms with van der Waals surface area (Å²) in [7, 11) is 1.24. The molecule has 0 unspecified atom stereocenters. The minimum absolute atomic E-state index is 0.00367. The Morgan fingerprint density at radius 3 is 2.77 bits per heavy atom. The highest BCUT2D eigenvalue weighted by atomic mass is 35.5. The highest BCUT2D eigenvalue weighted by molar-refractivity contribution is 6.30. The lowest BCUT2D eigenvalue weighted by Crippen LogP contribution is -2.31. The number of halogens is 1. The van der Waals surface area contributed by atoms with Gasteiger partial charge in [0.1, 0.15) is 17.1 Å². The van der Waals surface area contributed by atoms with Crippen LogP contribution in [0.15, 0.2) is 41.0 Å². The monoisotopic (exact) mass is 435 g/mol. The normalized spacial score (nSPS) is 18.5. The van der Waals surface area contributed by atoms with E-state index in [1.54, 1.807) is 25.1 Å². The van der Waals surface area contributed by atoms with Crippen LogP contribution in [0.25, 0.3) is 0 Å². The first-order chi connectivity index (χ1) is 14.4. The van der Waals surface area contributed by atoms with Crippen LogP contribution in [-0.2, 0) is 28.6 Å². The molecule has 0 bridgehead atoms. The van der Waals surface area contributed by atoms with Crippen molar-refractivity contribution in [2.45, 2.75) is 32.1 Å². The number of methoxy groups -OCH3 is 1. The molecule has 8 nitrogen and oxygen atoms in total. The first kappa shape index (κ1) is 21.7. The second kappa shape index (κ2) is 9.21. The average molecular weight is 436 g/mol. The Hall–Kier alpha value is -3.00. The van der Waals surface area contributed by atoms with Crippen LogP contribution in [0.4, 0.5) is 0 Å². The summed E-state index contributed by atoms with van der Waals surface area (Å²) in [5.41, 5.74) is 6.81. The van der Waals surface area contributed by atoms with Gasteiger partial charge in [0.2, 0.25) is 5.88 Å². The lowest BCUT2D eigenvalue weighted by atomic mass is 9.77. The zero-order chi connectivity index (χ0) is 21.8. The second-order valence-electron chi connectivity index (χ2n) is 6.69. The quantitative estimate of drug-likeness (QED) is 0.678. The maximum atomic E-state index is 12.9. The van der Waals surface area contributed by atoms with Gasteiger partial charge in [-0.1, -0.05) is 11.6 Å². The van der Waals surface area contributed by atoms with Gasteiger partial charge in [-0.25, -0.2) is 9.59 Å². The van der Waals surface area contributed by atoms with E-state index in [0.717, 1.165) is 0 Å². The Kier molecular flexibility index (Phi) is 6.66. The SMILES string of the molecule is CCOC(=O)C1=C(N)OC2=C(C(=O)CCC2)[C@H]1c1cc(Cl)ccc1OCC(=O)OC. The minimum atomic E-state index is -0.896. The molecule has 1 aromatic rings. The summed E-state index contributed by atoms with van der Waals surface area (Å²) in [5, 5.41) is 0.356. The Morgan fingerprint density at radius 2 is 2.07 bits per heavy atom. The number of carbonyl (C=O) groups excluding carboxylic acids is 3. The fourth-order valence-electron chi connectivity index (χ4n) is 3.55. The third kappa shape index (κ3) is 4.28. The summed E-state index contributed by atoms with van der Waals surface area (Å²) in [5.74, 6) is -1.80. The lowest BCUT2D eigenvalue weighted by Gasteiger charge is -2.33. The molecule has 1 aliphatic heterocycles. The first-order valence-electron chi connectivity index (χ1n) is 9.47. The molecule has 1 heterocycles. The predicted molar refractivity (Wildman–Crippen MR) is 107 cm³/mol. The van der Waals surface area contributed by atoms with Crippen LogP contribution in [0, 0.1) is 0 Å². The van der Waals surface area contributed by atoms with Gasteiger partial charge in [-0.2, -0.15) is 0 Å². The van der Waals surface area contributed by atoms with E-state index in [-0.39, 0.29) is 36.2 Å². The molecule has 2 aliphatic rings. The van der Waals surface area contributed by atoms with E-state index in [4.69, 9.17) is 31.5 Å². The fraction of sp³-hybridized carbons (Fsp3) is 0.381. The van der Waals surface area contributed by atoms with Crippen molar-refractivity contribution >= 4 is 29.3 Å². The van der Waals surface area contributed by atoms with Gasteiger partial charge in [0, 0.05) is 29.0 Å². The first-order valence-corrected chi connectivity index (χ1v) is 9.85. The number of hydrogen-bond acceptors (Lipinski definition) is 8. The molecular weight excluding hydrogens is 414 g/mol. The Balaban J connectivity index is 2.17. The molecule has 0 saturated carbocycles. The van der Waals surface area contributed by atoms with Gasteiger partial charge in [-0.05, 0) is 31.5 Å². The molecule has 0 amide bonds. The molecule has 3 rings (SSSR count). The van der Waals surface area contributed by atoms with Gasteiger partial charge in [-0.3, -0.25) is 4.79 Å². The topological polar surface area (TPSA) is 114 Å². The van der Waals surface area contributed by atoms with E-state index >= 15 is 0 Å². The fourth-order valence-corrected chi connectivity index (χ4v) is 3.73. The second-order valence-corrected chi connectivity index (χ2v) is 7.13. The van der Waals surface area contributed by atoms with Crippen molar-refractivity contribution in [2.75, 3.05) is 20.3 Å². The van der Waals surface area contributed by atoms with E-state index in [2.05, 4.69) is 4.74 Å². The van der Waals surface area contributed by atoms with Crippen LogP contribution in [0.2, 0.25) is 5.02 Å². The number of ketones is 1. The maximum Gasteiger partial charge on any atom is 0.343 e. The van der Waals surface area contributed by atoms with Crippen molar-refractivity contribution in [2.24, 2.45) is 5.73 Å². The molecule has 9 heteroatoms. The molecule has 0 saturated heterocycles. The molecular formula is C21H22ClNO7. The van der Waals surface area contributed by atoms with Crippen molar-refractivity contribution in [3.8, 4) is 5.75 Å². The van der Waals surface area contributed by atoms with Gasteiger partial charge in [-0.15, -0.1) is 0 Å². The summed E-state index contributed by atoms with van der Waals surface area (Å²) >= 11 is 6.22. The van der Waals surface area contributed by atoms with E-state index in [0.29, 0.717) is 41.2 Å². The molecule has 0 aromatic heterocycles. The van der Waals surface area contributed by atoms with Gasteiger partial charge < -0.3 is 24.7 Å². The summed E-state index contributed by atoms with van der Waals surface area (Å²) in [4.78, 5) is 37.2. The number of hydrogen-bond donors (Lipinski definition) is 1. The van der Waals surface area contributed by atoms with E-state index < -0.39 is 17.9 Å². The smallest absolute Gasteiger partial charge is 0.343 e. The number of rotatable bonds is 6. The number of ether oxygens (including phenoxy) is 4. The maximum absolute atomic E-state index is 12.9. The molecule has 0 fully saturated rings. The van der Waals surface area contributed by atoms with Crippen LogP contribution in [0.3, 0.4) is 0 Å². The van der Waals surface area contributed by atoms with Crippen molar-refractivity contribution in [3.63, 3.8) is 0 Å². The van der Waals surface area contributed by atoms with Crippen LogP contribution in [0.1, 0.15) is 37.7 Å². The molecule has 0 radical (unpaired) electrons. The molecule has 160 valence electrons. The molecule has 1 aliphatic carbocycles.